The summed E-state index contributed by atoms with van der Waals surface area (Å²) in [5, 5.41) is 9.69. The standard InChI is InChI=1S/C75H118O5/c1-3-5-7-9-11-13-15-17-19-21-23-25-27-29-31-33-35-36-37-38-40-42-44-46-48-50-52-54-56-58-60-62-64-66-68-70-75(78)80-73(71-76)72-79-74(77)69-67-65-63-61-59-57-55-53-51-49-47-45-43-41-39-34-32-30-28-26-24-22-20-18-16-14-12-10-8-6-4-2/h5-8,11-14,17-20,23-26,29-32,35-36,38-41,44,46,50,52,73,76H,3-4,9-10,15-16,21-22,27-28,33-34,37,42-43,45,47-49,51,53-72H2,1-2H3/b7-5-,8-6-,13-11-,14-12-,19-17-,20-18-,25-23-,26-24-,31-29-,32-30-,36-35-,40-38-,41-39-,46-44-,52-50-. The van der Waals surface area contributed by atoms with Crippen molar-refractivity contribution in [1.29, 1.82) is 0 Å². The molecule has 5 nitrogen and oxygen atoms in total. The second kappa shape index (κ2) is 68.3. The van der Waals surface area contributed by atoms with Gasteiger partial charge in [-0.2, -0.15) is 0 Å². The zero-order valence-corrected chi connectivity index (χ0v) is 51.3. The van der Waals surface area contributed by atoms with E-state index in [1.807, 2.05) is 0 Å². The number of rotatable bonds is 57. The van der Waals surface area contributed by atoms with E-state index >= 15 is 0 Å². The summed E-state index contributed by atoms with van der Waals surface area (Å²) >= 11 is 0. The number of esters is 2. The second-order valence-electron chi connectivity index (χ2n) is 20.7. The highest BCUT2D eigenvalue weighted by Gasteiger charge is 2.16. The number of hydrogen-bond donors (Lipinski definition) is 1. The first-order chi connectivity index (χ1) is 39.6. The normalized spacial score (nSPS) is 13.5. The van der Waals surface area contributed by atoms with Crippen LogP contribution in [-0.4, -0.2) is 36.4 Å². The molecular formula is C75H118O5. The quantitative estimate of drug-likeness (QED) is 0.0373. The molecule has 0 bridgehead atoms. The van der Waals surface area contributed by atoms with Gasteiger partial charge in [0.05, 0.1) is 6.61 Å². The van der Waals surface area contributed by atoms with Crippen molar-refractivity contribution in [2.24, 2.45) is 0 Å². The lowest BCUT2D eigenvalue weighted by Gasteiger charge is -2.15. The first-order valence-corrected chi connectivity index (χ1v) is 32.3. The highest BCUT2D eigenvalue weighted by Crippen LogP contribution is 2.15. The first-order valence-electron chi connectivity index (χ1n) is 32.3. The summed E-state index contributed by atoms with van der Waals surface area (Å²) in [6.45, 7) is 3.90. The molecule has 0 aromatic carbocycles. The molecule has 0 rings (SSSR count). The molecule has 0 aliphatic heterocycles. The molecule has 1 atom stereocenters. The predicted octanol–water partition coefficient (Wildman–Crippen LogP) is 22.6. The summed E-state index contributed by atoms with van der Waals surface area (Å²) < 4.78 is 10.7. The van der Waals surface area contributed by atoms with Gasteiger partial charge in [0.2, 0.25) is 0 Å². The van der Waals surface area contributed by atoms with Crippen molar-refractivity contribution in [3.8, 4) is 0 Å². The van der Waals surface area contributed by atoms with Crippen LogP contribution in [0.3, 0.4) is 0 Å². The third kappa shape index (κ3) is 65.5. The lowest BCUT2D eigenvalue weighted by atomic mass is 10.0. The minimum absolute atomic E-state index is 0.0825. The van der Waals surface area contributed by atoms with E-state index in [9.17, 15) is 14.7 Å². The number of carbonyl (C=O) groups excluding carboxylic acids is 2. The number of hydrogen-bond acceptors (Lipinski definition) is 5. The maximum absolute atomic E-state index is 12.4. The van der Waals surface area contributed by atoms with E-state index in [0.717, 1.165) is 141 Å². The van der Waals surface area contributed by atoms with Crippen molar-refractivity contribution in [3.63, 3.8) is 0 Å². The molecule has 0 radical (unpaired) electrons. The van der Waals surface area contributed by atoms with Crippen LogP contribution in [0.15, 0.2) is 182 Å². The van der Waals surface area contributed by atoms with Crippen molar-refractivity contribution in [1.82, 2.24) is 0 Å². The molecule has 0 amide bonds. The molecule has 0 aromatic rings. The maximum atomic E-state index is 12.4. The van der Waals surface area contributed by atoms with Gasteiger partial charge in [-0.1, -0.05) is 292 Å². The van der Waals surface area contributed by atoms with Crippen LogP contribution in [0, 0.1) is 0 Å². The molecule has 80 heavy (non-hydrogen) atoms. The molecule has 0 heterocycles. The van der Waals surface area contributed by atoms with Crippen LogP contribution < -0.4 is 0 Å². The summed E-state index contributed by atoms with van der Waals surface area (Å²) in [6.07, 6.45) is 107. The Bertz CT molecular complexity index is 1820. The number of ether oxygens (including phenoxy) is 2. The molecule has 448 valence electrons. The topological polar surface area (TPSA) is 72.8 Å². The van der Waals surface area contributed by atoms with Gasteiger partial charge in [-0.05, 0) is 135 Å². The van der Waals surface area contributed by atoms with Crippen LogP contribution in [0.2, 0.25) is 0 Å². The number of allylic oxidation sites excluding steroid dienone is 30. The highest BCUT2D eigenvalue weighted by molar-refractivity contribution is 5.70. The Balaban J connectivity index is 3.60. The molecule has 1 N–H and O–H groups in total. The fourth-order valence-corrected chi connectivity index (χ4v) is 8.43. The maximum Gasteiger partial charge on any atom is 0.306 e. The van der Waals surface area contributed by atoms with Crippen molar-refractivity contribution in [3.05, 3.63) is 182 Å². The smallest absolute Gasteiger partial charge is 0.306 e. The molecule has 0 aromatic heterocycles. The van der Waals surface area contributed by atoms with E-state index in [-0.39, 0.29) is 25.2 Å². The van der Waals surface area contributed by atoms with E-state index in [2.05, 4.69) is 196 Å². The minimum Gasteiger partial charge on any atom is -0.462 e. The van der Waals surface area contributed by atoms with Crippen molar-refractivity contribution in [2.75, 3.05) is 13.2 Å². The van der Waals surface area contributed by atoms with E-state index in [1.165, 1.54) is 89.9 Å². The van der Waals surface area contributed by atoms with Crippen LogP contribution in [-0.2, 0) is 19.1 Å². The Morgan fingerprint density at radius 3 is 0.750 bits per heavy atom. The zero-order valence-electron chi connectivity index (χ0n) is 51.3. The molecule has 0 spiro atoms. The monoisotopic (exact) mass is 1100 g/mol. The van der Waals surface area contributed by atoms with Crippen molar-refractivity contribution >= 4 is 11.9 Å². The minimum atomic E-state index is -0.794. The van der Waals surface area contributed by atoms with E-state index in [1.54, 1.807) is 0 Å². The van der Waals surface area contributed by atoms with Crippen LogP contribution >= 0.6 is 0 Å². The Kier molecular flexibility index (Phi) is 64.0. The molecular weight excluding hydrogens is 981 g/mol. The Morgan fingerprint density at radius 1 is 0.287 bits per heavy atom. The van der Waals surface area contributed by atoms with Gasteiger partial charge in [0.1, 0.15) is 6.61 Å². The summed E-state index contributed by atoms with van der Waals surface area (Å²) in [7, 11) is 0. The van der Waals surface area contributed by atoms with Gasteiger partial charge in [0, 0.05) is 12.8 Å². The molecule has 0 aliphatic carbocycles. The molecule has 0 aliphatic rings. The fourth-order valence-electron chi connectivity index (χ4n) is 8.43. The van der Waals surface area contributed by atoms with Gasteiger partial charge in [-0.3, -0.25) is 9.59 Å². The fraction of sp³-hybridized carbons (Fsp3) is 0.573. The van der Waals surface area contributed by atoms with Gasteiger partial charge in [0.15, 0.2) is 6.10 Å². The molecule has 0 saturated carbocycles. The number of aliphatic hydroxyl groups excluding tert-OH is 1. The summed E-state index contributed by atoms with van der Waals surface area (Å²) in [5.74, 6) is -0.615. The predicted molar refractivity (Wildman–Crippen MR) is 352 cm³/mol. The van der Waals surface area contributed by atoms with Crippen LogP contribution in [0.5, 0.6) is 0 Å². The molecule has 5 heteroatoms. The Labute approximate surface area is 493 Å². The van der Waals surface area contributed by atoms with Crippen LogP contribution in [0.4, 0.5) is 0 Å². The second-order valence-corrected chi connectivity index (χ2v) is 20.7. The van der Waals surface area contributed by atoms with Gasteiger partial charge in [0.25, 0.3) is 0 Å². The average Bonchev–Trinajstić information content (AvgIpc) is 3.46. The first kappa shape index (κ1) is 75.0. The Morgan fingerprint density at radius 2 is 0.500 bits per heavy atom. The summed E-state index contributed by atoms with van der Waals surface area (Å²) in [6, 6.07) is 0. The molecule has 1 unspecified atom stereocenters. The molecule has 0 fully saturated rings. The van der Waals surface area contributed by atoms with Gasteiger partial charge in [-0.15, -0.1) is 0 Å². The third-order valence-electron chi connectivity index (χ3n) is 13.2. The van der Waals surface area contributed by atoms with Crippen molar-refractivity contribution < 1.29 is 24.2 Å². The number of carbonyl (C=O) groups is 2. The summed E-state index contributed by atoms with van der Waals surface area (Å²) in [5.41, 5.74) is 0. The summed E-state index contributed by atoms with van der Waals surface area (Å²) in [4.78, 5) is 24.6. The van der Waals surface area contributed by atoms with Crippen LogP contribution in [0.25, 0.3) is 0 Å². The highest BCUT2D eigenvalue weighted by atomic mass is 16.6. The third-order valence-corrected chi connectivity index (χ3v) is 13.2. The molecule has 0 saturated heterocycles. The lowest BCUT2D eigenvalue weighted by Crippen LogP contribution is -2.28. The van der Waals surface area contributed by atoms with Crippen LogP contribution in [0.1, 0.15) is 258 Å². The number of unbranched alkanes of at least 4 members (excludes halogenated alkanes) is 19. The number of aliphatic hydroxyl groups is 1. The SMILES string of the molecule is CC/C=C\C/C=C\C/C=C\C/C=C\C/C=C\C/C=C\C/C=C\C/C=C\C/C=C\CCCCCCCCCC(=O)OC(CO)COC(=O)CCCCCCCCCCCCCC/C=C\C/C=C\C/C=C\C/C=C\C/C=C\C/C=C\CC. The van der Waals surface area contributed by atoms with Crippen molar-refractivity contribution in [2.45, 2.75) is 264 Å². The Hall–Kier alpha value is -5.00. The van der Waals surface area contributed by atoms with E-state index in [0.29, 0.717) is 12.8 Å². The van der Waals surface area contributed by atoms with Gasteiger partial charge < -0.3 is 14.6 Å². The van der Waals surface area contributed by atoms with E-state index in [4.69, 9.17) is 9.47 Å². The lowest BCUT2D eigenvalue weighted by molar-refractivity contribution is -0.161. The zero-order chi connectivity index (χ0) is 57.6. The largest absolute Gasteiger partial charge is 0.462 e. The van der Waals surface area contributed by atoms with Gasteiger partial charge >= 0.3 is 11.9 Å². The average molecular weight is 1100 g/mol. The van der Waals surface area contributed by atoms with E-state index < -0.39 is 6.10 Å². The van der Waals surface area contributed by atoms with Gasteiger partial charge in [-0.25, -0.2) is 0 Å².